The number of ether oxygens (including phenoxy) is 2. The molecule has 0 aliphatic carbocycles. The fourth-order valence-corrected chi connectivity index (χ4v) is 2.37. The maximum Gasteiger partial charge on any atom is 0.244 e. The molecule has 98 valence electrons. The molecular formula is C10H14N4O3S. The van der Waals surface area contributed by atoms with Crippen LogP contribution in [0.5, 0.6) is 11.8 Å². The zero-order valence-electron chi connectivity index (χ0n) is 10.1. The van der Waals surface area contributed by atoms with Crippen molar-refractivity contribution < 1.29 is 14.3 Å². The third-order valence-corrected chi connectivity index (χ3v) is 3.31. The fourth-order valence-electron chi connectivity index (χ4n) is 1.43. The van der Waals surface area contributed by atoms with Crippen LogP contribution in [0.4, 0.5) is 5.95 Å². The first-order chi connectivity index (χ1) is 8.72. The number of nitrogens with zero attached hydrogens (tertiary/aromatic N) is 2. The molecule has 1 atom stereocenters. The van der Waals surface area contributed by atoms with Crippen molar-refractivity contribution in [3.63, 3.8) is 0 Å². The summed E-state index contributed by atoms with van der Waals surface area (Å²) in [7, 11) is 2.98. The van der Waals surface area contributed by atoms with E-state index in [4.69, 9.17) is 9.47 Å². The molecule has 2 N–H and O–H groups in total. The van der Waals surface area contributed by atoms with Crippen molar-refractivity contribution in [2.45, 2.75) is 6.04 Å². The summed E-state index contributed by atoms with van der Waals surface area (Å²) in [5.41, 5.74) is 0. The fraction of sp³-hybridized carbons (Fsp3) is 0.500. The molecule has 0 radical (unpaired) electrons. The molecule has 1 aromatic heterocycles. The number of methoxy groups -OCH3 is 2. The highest BCUT2D eigenvalue weighted by Crippen LogP contribution is 2.18. The van der Waals surface area contributed by atoms with Crippen LogP contribution >= 0.6 is 11.8 Å². The van der Waals surface area contributed by atoms with Crippen molar-refractivity contribution in [3.05, 3.63) is 6.07 Å². The Morgan fingerprint density at radius 3 is 2.61 bits per heavy atom. The van der Waals surface area contributed by atoms with Crippen LogP contribution < -0.4 is 20.1 Å². The molecule has 8 heteroatoms. The maximum atomic E-state index is 11.9. The SMILES string of the molecule is COc1cc(OC)nc(NC(=O)C2CSCN2)n1. The number of nitrogens with one attached hydrogen (secondary N) is 2. The van der Waals surface area contributed by atoms with Crippen LogP contribution in [0.15, 0.2) is 6.07 Å². The Kier molecular flexibility index (Phi) is 4.21. The molecule has 2 rings (SSSR count). The van der Waals surface area contributed by atoms with Gasteiger partial charge in [-0.2, -0.15) is 9.97 Å². The molecule has 1 unspecified atom stereocenters. The zero-order valence-corrected chi connectivity index (χ0v) is 10.9. The van der Waals surface area contributed by atoms with E-state index in [1.165, 1.54) is 14.2 Å². The molecule has 1 fully saturated rings. The van der Waals surface area contributed by atoms with Crippen LogP contribution in [0.1, 0.15) is 0 Å². The van der Waals surface area contributed by atoms with Crippen LogP contribution in [0.2, 0.25) is 0 Å². The molecule has 1 aromatic rings. The summed E-state index contributed by atoms with van der Waals surface area (Å²) in [6.45, 7) is 0. The summed E-state index contributed by atoms with van der Waals surface area (Å²) in [5.74, 6) is 2.22. The smallest absolute Gasteiger partial charge is 0.244 e. The Morgan fingerprint density at radius 2 is 2.11 bits per heavy atom. The number of carbonyl (C=O) groups is 1. The number of thioether (sulfide) groups is 1. The molecule has 1 aliphatic heterocycles. The van der Waals surface area contributed by atoms with E-state index < -0.39 is 0 Å². The van der Waals surface area contributed by atoms with Crippen molar-refractivity contribution in [1.29, 1.82) is 0 Å². The first-order valence-electron chi connectivity index (χ1n) is 5.32. The molecule has 7 nitrogen and oxygen atoms in total. The van der Waals surface area contributed by atoms with Gasteiger partial charge in [-0.15, -0.1) is 11.8 Å². The highest BCUT2D eigenvalue weighted by Gasteiger charge is 2.23. The first kappa shape index (κ1) is 12.9. The van der Waals surface area contributed by atoms with Crippen LogP contribution in [-0.2, 0) is 4.79 Å². The van der Waals surface area contributed by atoms with Crippen LogP contribution in [0, 0.1) is 0 Å². The molecule has 1 aliphatic rings. The summed E-state index contributed by atoms with van der Waals surface area (Å²) in [5, 5.41) is 5.70. The highest BCUT2D eigenvalue weighted by molar-refractivity contribution is 7.99. The Morgan fingerprint density at radius 1 is 1.44 bits per heavy atom. The zero-order chi connectivity index (χ0) is 13.0. The minimum atomic E-state index is -0.212. The average Bonchev–Trinajstić information content (AvgIpc) is 2.92. The van der Waals surface area contributed by atoms with E-state index in [-0.39, 0.29) is 17.9 Å². The number of aromatic nitrogens is 2. The van der Waals surface area contributed by atoms with Crippen molar-refractivity contribution in [2.24, 2.45) is 0 Å². The standard InChI is InChI=1S/C10H14N4O3S/c1-16-7-3-8(17-2)13-10(12-7)14-9(15)6-4-18-5-11-6/h3,6,11H,4-5H2,1-2H3,(H,12,13,14,15). The summed E-state index contributed by atoms with van der Waals surface area (Å²) in [4.78, 5) is 19.9. The van der Waals surface area contributed by atoms with Gasteiger partial charge in [0.05, 0.1) is 26.3 Å². The van der Waals surface area contributed by atoms with Crippen LogP contribution in [-0.4, -0.2) is 47.8 Å². The minimum absolute atomic E-state index is 0.157. The van der Waals surface area contributed by atoms with Gasteiger partial charge in [0.2, 0.25) is 23.6 Å². The lowest BCUT2D eigenvalue weighted by Gasteiger charge is -2.10. The van der Waals surface area contributed by atoms with E-state index in [0.717, 1.165) is 11.6 Å². The molecular weight excluding hydrogens is 256 g/mol. The van der Waals surface area contributed by atoms with Gasteiger partial charge in [0.1, 0.15) is 0 Å². The molecule has 1 saturated heterocycles. The minimum Gasteiger partial charge on any atom is -0.481 e. The monoisotopic (exact) mass is 270 g/mol. The van der Waals surface area contributed by atoms with Crippen LogP contribution in [0.3, 0.4) is 0 Å². The van der Waals surface area contributed by atoms with Gasteiger partial charge in [-0.3, -0.25) is 15.4 Å². The summed E-state index contributed by atoms with van der Waals surface area (Å²) in [6.07, 6.45) is 0. The van der Waals surface area contributed by atoms with E-state index in [1.807, 2.05) is 0 Å². The number of hydrogen-bond acceptors (Lipinski definition) is 7. The second kappa shape index (κ2) is 5.87. The Balaban J connectivity index is 2.09. The van der Waals surface area contributed by atoms with Gasteiger partial charge in [0.25, 0.3) is 0 Å². The van der Waals surface area contributed by atoms with Gasteiger partial charge in [-0.1, -0.05) is 0 Å². The summed E-state index contributed by atoms with van der Waals surface area (Å²) < 4.78 is 10.0. The second-order valence-electron chi connectivity index (χ2n) is 3.54. The highest BCUT2D eigenvalue weighted by atomic mass is 32.2. The van der Waals surface area contributed by atoms with Gasteiger partial charge in [0, 0.05) is 11.6 Å². The predicted octanol–water partition coefficient (Wildman–Crippen LogP) is 0.0948. The molecule has 0 saturated carbocycles. The van der Waals surface area contributed by atoms with Crippen molar-refractivity contribution in [3.8, 4) is 11.8 Å². The van der Waals surface area contributed by atoms with Crippen molar-refractivity contribution >= 4 is 23.6 Å². The normalized spacial score (nSPS) is 18.4. The third kappa shape index (κ3) is 3.02. The summed E-state index contributed by atoms with van der Waals surface area (Å²) in [6, 6.07) is 1.33. The first-order valence-corrected chi connectivity index (χ1v) is 6.47. The molecule has 18 heavy (non-hydrogen) atoms. The molecule has 2 heterocycles. The number of carbonyl (C=O) groups excluding carboxylic acids is 1. The lowest BCUT2D eigenvalue weighted by molar-refractivity contribution is -0.117. The van der Waals surface area contributed by atoms with E-state index in [0.29, 0.717) is 11.8 Å². The Labute approximate surface area is 109 Å². The number of amides is 1. The lowest BCUT2D eigenvalue weighted by atomic mass is 10.3. The topological polar surface area (TPSA) is 85.4 Å². The molecule has 0 spiro atoms. The Bertz CT molecular complexity index is 415. The number of hydrogen-bond donors (Lipinski definition) is 2. The van der Waals surface area contributed by atoms with Gasteiger partial charge in [0.15, 0.2) is 0 Å². The summed E-state index contributed by atoms with van der Waals surface area (Å²) >= 11 is 1.67. The predicted molar refractivity (Wildman–Crippen MR) is 68.0 cm³/mol. The van der Waals surface area contributed by atoms with Gasteiger partial charge >= 0.3 is 0 Å². The van der Waals surface area contributed by atoms with E-state index in [1.54, 1.807) is 17.8 Å². The van der Waals surface area contributed by atoms with Gasteiger partial charge < -0.3 is 9.47 Å². The van der Waals surface area contributed by atoms with Crippen LogP contribution in [0.25, 0.3) is 0 Å². The van der Waals surface area contributed by atoms with E-state index in [9.17, 15) is 4.79 Å². The molecule has 0 aromatic carbocycles. The van der Waals surface area contributed by atoms with Gasteiger partial charge in [-0.05, 0) is 0 Å². The van der Waals surface area contributed by atoms with E-state index >= 15 is 0 Å². The Hall–Kier alpha value is -1.54. The quantitative estimate of drug-likeness (QED) is 0.802. The number of anilines is 1. The van der Waals surface area contributed by atoms with Crippen molar-refractivity contribution in [1.82, 2.24) is 15.3 Å². The molecule has 0 bridgehead atoms. The number of rotatable bonds is 4. The largest absolute Gasteiger partial charge is 0.481 e. The average molecular weight is 270 g/mol. The molecule has 1 amide bonds. The maximum absolute atomic E-state index is 11.9. The second-order valence-corrected chi connectivity index (χ2v) is 4.57. The lowest BCUT2D eigenvalue weighted by Crippen LogP contribution is -2.37. The third-order valence-electron chi connectivity index (χ3n) is 2.37. The van der Waals surface area contributed by atoms with E-state index in [2.05, 4.69) is 20.6 Å². The van der Waals surface area contributed by atoms with Crippen molar-refractivity contribution in [2.75, 3.05) is 31.2 Å². The van der Waals surface area contributed by atoms with Gasteiger partial charge in [-0.25, -0.2) is 0 Å².